The summed E-state index contributed by atoms with van der Waals surface area (Å²) in [5.41, 5.74) is 2.71. The van der Waals surface area contributed by atoms with Crippen LogP contribution in [-0.4, -0.2) is 21.1 Å². The first-order valence-electron chi connectivity index (χ1n) is 8.87. The molecule has 1 N–H and O–H groups in total. The smallest absolute Gasteiger partial charge is 0.267 e. The van der Waals surface area contributed by atoms with Crippen LogP contribution >= 0.6 is 11.8 Å². The number of thioether (sulfide) groups is 1. The second-order valence-electron chi connectivity index (χ2n) is 6.31. The Kier molecular flexibility index (Phi) is 5.26. The number of benzene rings is 3. The first-order chi connectivity index (χ1) is 13.7. The van der Waals surface area contributed by atoms with Crippen molar-refractivity contribution in [2.75, 3.05) is 0 Å². The fourth-order valence-electron chi connectivity index (χ4n) is 2.83. The molecule has 0 unspecified atom stereocenters. The van der Waals surface area contributed by atoms with Crippen LogP contribution in [0.5, 0.6) is 5.75 Å². The van der Waals surface area contributed by atoms with Crippen LogP contribution in [-0.2, 0) is 11.3 Å². The molecule has 4 nitrogen and oxygen atoms in total. The summed E-state index contributed by atoms with van der Waals surface area (Å²) < 4.78 is 0. The van der Waals surface area contributed by atoms with E-state index in [1.165, 1.54) is 11.8 Å². The first kappa shape index (κ1) is 18.1. The normalized spacial score (nSPS) is 16.9. The van der Waals surface area contributed by atoms with Crippen molar-refractivity contribution in [1.29, 1.82) is 0 Å². The van der Waals surface area contributed by atoms with Gasteiger partial charge >= 0.3 is 0 Å². The molecule has 0 aliphatic carbocycles. The van der Waals surface area contributed by atoms with Crippen molar-refractivity contribution in [3.8, 4) is 5.75 Å². The van der Waals surface area contributed by atoms with Crippen LogP contribution in [0.15, 0.2) is 94.8 Å². The molecule has 1 heterocycles. The highest BCUT2D eigenvalue weighted by atomic mass is 32.2. The standard InChI is InChI=1S/C23H18N2O2S/c26-20-13-11-17(12-14-20)15-21-22(27)25(16-18-7-3-1-4-8-18)23(28-21)24-19-9-5-2-6-10-19/h1-15,26H,16H2/b21-15+,24-23?. The van der Waals surface area contributed by atoms with E-state index in [1.807, 2.05) is 66.7 Å². The molecule has 1 aliphatic heterocycles. The van der Waals surface area contributed by atoms with Gasteiger partial charge < -0.3 is 5.11 Å². The number of carbonyl (C=O) groups excluding carboxylic acids is 1. The molecule has 1 aliphatic rings. The second-order valence-corrected chi connectivity index (χ2v) is 7.32. The lowest BCUT2D eigenvalue weighted by atomic mass is 10.2. The van der Waals surface area contributed by atoms with E-state index in [4.69, 9.17) is 4.99 Å². The van der Waals surface area contributed by atoms with Gasteiger partial charge in [-0.25, -0.2) is 4.99 Å². The number of phenolic OH excluding ortho intramolecular Hbond substituents is 1. The SMILES string of the molecule is O=C1/C(=C\c2ccc(O)cc2)SC(=Nc2ccccc2)N1Cc1ccccc1. The minimum atomic E-state index is -0.0726. The molecule has 1 fully saturated rings. The zero-order valence-electron chi connectivity index (χ0n) is 15.0. The minimum absolute atomic E-state index is 0.0726. The maximum atomic E-state index is 13.1. The summed E-state index contributed by atoms with van der Waals surface area (Å²) in [6.45, 7) is 0.464. The molecule has 4 rings (SSSR count). The average molecular weight is 386 g/mol. The zero-order chi connectivity index (χ0) is 19.3. The molecule has 0 bridgehead atoms. The fraction of sp³-hybridized carbons (Fsp3) is 0.0435. The van der Waals surface area contributed by atoms with Gasteiger partial charge in [0.05, 0.1) is 17.1 Å². The molecule has 28 heavy (non-hydrogen) atoms. The molecule has 3 aromatic carbocycles. The lowest BCUT2D eigenvalue weighted by Gasteiger charge is -2.15. The van der Waals surface area contributed by atoms with Gasteiger partial charge in [0.1, 0.15) is 5.75 Å². The largest absolute Gasteiger partial charge is 0.508 e. The number of aliphatic imine (C=N–C) groups is 1. The second kappa shape index (κ2) is 8.15. The molecule has 5 heteroatoms. The van der Waals surface area contributed by atoms with Gasteiger partial charge in [-0.15, -0.1) is 0 Å². The average Bonchev–Trinajstić information content (AvgIpc) is 3.00. The maximum Gasteiger partial charge on any atom is 0.267 e. The molecule has 3 aromatic rings. The van der Waals surface area contributed by atoms with E-state index in [1.54, 1.807) is 29.2 Å². The molecule has 0 spiro atoms. The van der Waals surface area contributed by atoms with Gasteiger partial charge in [-0.3, -0.25) is 9.69 Å². The van der Waals surface area contributed by atoms with Crippen molar-refractivity contribution < 1.29 is 9.90 Å². The highest BCUT2D eigenvalue weighted by Gasteiger charge is 2.33. The first-order valence-corrected chi connectivity index (χ1v) is 9.69. The van der Waals surface area contributed by atoms with Gasteiger partial charge in [-0.1, -0.05) is 60.7 Å². The Labute approximate surface area is 167 Å². The quantitative estimate of drug-likeness (QED) is 0.627. The highest BCUT2D eigenvalue weighted by molar-refractivity contribution is 8.18. The van der Waals surface area contributed by atoms with Crippen molar-refractivity contribution in [2.24, 2.45) is 4.99 Å². The number of para-hydroxylation sites is 1. The Morgan fingerprint density at radius 2 is 1.54 bits per heavy atom. The highest BCUT2D eigenvalue weighted by Crippen LogP contribution is 2.35. The van der Waals surface area contributed by atoms with E-state index in [0.717, 1.165) is 16.8 Å². The maximum absolute atomic E-state index is 13.1. The lowest BCUT2D eigenvalue weighted by molar-refractivity contribution is -0.122. The van der Waals surface area contributed by atoms with Gasteiger partial charge in [0, 0.05) is 0 Å². The molecule has 0 atom stereocenters. The molecular weight excluding hydrogens is 368 g/mol. The number of hydrogen-bond acceptors (Lipinski definition) is 4. The number of amides is 1. The van der Waals surface area contributed by atoms with Crippen molar-refractivity contribution >= 4 is 34.6 Å². The summed E-state index contributed by atoms with van der Waals surface area (Å²) in [7, 11) is 0. The van der Waals surface area contributed by atoms with Gasteiger partial charge in [0.15, 0.2) is 5.17 Å². The summed E-state index contributed by atoms with van der Waals surface area (Å²) in [5.74, 6) is 0.126. The Morgan fingerprint density at radius 3 is 2.21 bits per heavy atom. The van der Waals surface area contributed by atoms with Crippen LogP contribution < -0.4 is 0 Å². The van der Waals surface area contributed by atoms with Crippen LogP contribution in [0.3, 0.4) is 0 Å². The number of carbonyl (C=O) groups is 1. The van der Waals surface area contributed by atoms with Crippen LogP contribution in [0.25, 0.3) is 6.08 Å². The van der Waals surface area contributed by atoms with Gasteiger partial charge in [-0.05, 0) is 53.2 Å². The molecule has 0 radical (unpaired) electrons. The summed E-state index contributed by atoms with van der Waals surface area (Å²) >= 11 is 1.36. The van der Waals surface area contributed by atoms with E-state index in [-0.39, 0.29) is 11.7 Å². The van der Waals surface area contributed by atoms with E-state index in [9.17, 15) is 9.90 Å². The topological polar surface area (TPSA) is 52.9 Å². The van der Waals surface area contributed by atoms with E-state index >= 15 is 0 Å². The van der Waals surface area contributed by atoms with E-state index in [2.05, 4.69) is 0 Å². The van der Waals surface area contributed by atoms with Crippen molar-refractivity contribution in [3.05, 3.63) is 101 Å². The fourth-order valence-corrected chi connectivity index (χ4v) is 3.83. The summed E-state index contributed by atoms with van der Waals surface area (Å²) in [6.07, 6.45) is 1.83. The van der Waals surface area contributed by atoms with E-state index in [0.29, 0.717) is 16.6 Å². The molecule has 1 saturated heterocycles. The van der Waals surface area contributed by atoms with Gasteiger partial charge in [0.2, 0.25) is 0 Å². The molecule has 1 amide bonds. The third-order valence-corrected chi connectivity index (χ3v) is 5.25. The monoisotopic (exact) mass is 386 g/mol. The molecular formula is C23H18N2O2S. The predicted octanol–water partition coefficient (Wildman–Crippen LogP) is 5.20. The third-order valence-electron chi connectivity index (χ3n) is 4.24. The van der Waals surface area contributed by atoms with Crippen LogP contribution in [0.4, 0.5) is 5.69 Å². The van der Waals surface area contributed by atoms with E-state index < -0.39 is 0 Å². The van der Waals surface area contributed by atoms with Crippen molar-refractivity contribution in [2.45, 2.75) is 6.54 Å². The number of rotatable bonds is 4. The van der Waals surface area contributed by atoms with Crippen LogP contribution in [0.2, 0.25) is 0 Å². The molecule has 0 aromatic heterocycles. The molecule has 138 valence electrons. The number of nitrogens with zero attached hydrogens (tertiary/aromatic N) is 2. The predicted molar refractivity (Wildman–Crippen MR) is 114 cm³/mol. The van der Waals surface area contributed by atoms with Crippen LogP contribution in [0, 0.1) is 0 Å². The Morgan fingerprint density at radius 1 is 0.893 bits per heavy atom. The zero-order valence-corrected chi connectivity index (χ0v) is 15.8. The summed E-state index contributed by atoms with van der Waals surface area (Å²) in [6, 6.07) is 26.3. The summed E-state index contributed by atoms with van der Waals surface area (Å²) in [5, 5.41) is 10.1. The number of aromatic hydroxyl groups is 1. The number of hydrogen-bond donors (Lipinski definition) is 1. The van der Waals surface area contributed by atoms with Crippen LogP contribution in [0.1, 0.15) is 11.1 Å². The minimum Gasteiger partial charge on any atom is -0.508 e. The lowest BCUT2D eigenvalue weighted by Crippen LogP contribution is -2.28. The Bertz CT molecular complexity index is 1030. The Balaban J connectivity index is 1.69. The van der Waals surface area contributed by atoms with Gasteiger partial charge in [-0.2, -0.15) is 0 Å². The summed E-state index contributed by atoms with van der Waals surface area (Å²) in [4.78, 5) is 20.1. The van der Waals surface area contributed by atoms with Gasteiger partial charge in [0.25, 0.3) is 5.91 Å². The Hall–Kier alpha value is -3.31. The van der Waals surface area contributed by atoms with Crippen molar-refractivity contribution in [3.63, 3.8) is 0 Å². The third kappa shape index (κ3) is 4.15. The number of phenols is 1. The van der Waals surface area contributed by atoms with Crippen molar-refractivity contribution in [1.82, 2.24) is 4.90 Å². The number of amidine groups is 1. The molecule has 0 saturated carbocycles.